The van der Waals surface area contributed by atoms with Crippen molar-refractivity contribution >= 4 is 34.7 Å². The number of hydrogen-bond acceptors (Lipinski definition) is 3. The number of halogens is 2. The molecule has 0 saturated heterocycles. The van der Waals surface area contributed by atoms with Crippen LogP contribution in [0.1, 0.15) is 18.1 Å². The third-order valence-corrected chi connectivity index (χ3v) is 3.26. The molecule has 2 rings (SSSR count). The lowest BCUT2D eigenvalue weighted by atomic mass is 10.2. The van der Waals surface area contributed by atoms with Gasteiger partial charge in [0.2, 0.25) is 0 Å². The Kier molecular flexibility index (Phi) is 4.04. The van der Waals surface area contributed by atoms with Gasteiger partial charge in [-0.1, -0.05) is 36.2 Å². The lowest BCUT2D eigenvalue weighted by Gasteiger charge is -2.12. The molecule has 0 aliphatic heterocycles. The van der Waals surface area contributed by atoms with Gasteiger partial charge >= 0.3 is 0 Å². The zero-order chi connectivity index (χ0) is 13.1. The van der Waals surface area contributed by atoms with Gasteiger partial charge in [-0.05, 0) is 31.0 Å². The molecule has 0 aliphatic carbocycles. The molecule has 5 heteroatoms. The molecule has 0 aliphatic rings. The van der Waals surface area contributed by atoms with Gasteiger partial charge in [-0.2, -0.15) is 0 Å². The Morgan fingerprint density at radius 3 is 2.72 bits per heavy atom. The molecule has 0 fully saturated rings. The SMILES string of the molecule is CCc1c(Cl)ncnc1Nc1cc(Cl)ccc1C. The largest absolute Gasteiger partial charge is 0.340 e. The second kappa shape index (κ2) is 5.55. The smallest absolute Gasteiger partial charge is 0.138 e. The van der Waals surface area contributed by atoms with E-state index in [1.807, 2.05) is 32.0 Å². The quantitative estimate of drug-likeness (QED) is 0.848. The third kappa shape index (κ3) is 2.74. The van der Waals surface area contributed by atoms with Crippen LogP contribution < -0.4 is 5.32 Å². The first-order valence-corrected chi connectivity index (χ1v) is 6.40. The van der Waals surface area contributed by atoms with Crippen molar-refractivity contribution in [1.29, 1.82) is 0 Å². The molecule has 2 aromatic rings. The third-order valence-electron chi connectivity index (χ3n) is 2.70. The van der Waals surface area contributed by atoms with Crippen LogP contribution >= 0.6 is 23.2 Å². The zero-order valence-electron chi connectivity index (χ0n) is 10.2. The number of nitrogens with zero attached hydrogens (tertiary/aromatic N) is 2. The van der Waals surface area contributed by atoms with Crippen LogP contribution in [0, 0.1) is 6.92 Å². The Hall–Kier alpha value is -1.32. The highest BCUT2D eigenvalue weighted by molar-refractivity contribution is 6.31. The minimum Gasteiger partial charge on any atom is -0.340 e. The Labute approximate surface area is 116 Å². The maximum absolute atomic E-state index is 6.05. The molecule has 18 heavy (non-hydrogen) atoms. The van der Waals surface area contributed by atoms with E-state index in [0.717, 1.165) is 29.1 Å². The highest BCUT2D eigenvalue weighted by atomic mass is 35.5. The van der Waals surface area contributed by atoms with Crippen LogP contribution in [-0.2, 0) is 6.42 Å². The van der Waals surface area contributed by atoms with E-state index in [9.17, 15) is 0 Å². The second-order valence-corrected chi connectivity index (χ2v) is 4.72. The fourth-order valence-electron chi connectivity index (χ4n) is 1.67. The Balaban J connectivity index is 2.40. The van der Waals surface area contributed by atoms with E-state index in [2.05, 4.69) is 15.3 Å². The molecule has 0 saturated carbocycles. The van der Waals surface area contributed by atoms with Crippen molar-refractivity contribution in [3.63, 3.8) is 0 Å². The van der Waals surface area contributed by atoms with Crippen molar-refractivity contribution in [2.45, 2.75) is 20.3 Å². The number of nitrogens with one attached hydrogen (secondary N) is 1. The van der Waals surface area contributed by atoms with Crippen molar-refractivity contribution in [1.82, 2.24) is 9.97 Å². The first-order valence-electron chi connectivity index (χ1n) is 5.64. The summed E-state index contributed by atoms with van der Waals surface area (Å²) in [6, 6.07) is 5.68. The van der Waals surface area contributed by atoms with Crippen LogP contribution in [-0.4, -0.2) is 9.97 Å². The fourth-order valence-corrected chi connectivity index (χ4v) is 2.11. The van der Waals surface area contributed by atoms with Crippen molar-refractivity contribution in [3.05, 3.63) is 45.8 Å². The summed E-state index contributed by atoms with van der Waals surface area (Å²) in [5, 5.41) is 4.42. The van der Waals surface area contributed by atoms with E-state index in [1.165, 1.54) is 6.33 Å². The summed E-state index contributed by atoms with van der Waals surface area (Å²) in [6.45, 7) is 4.02. The molecule has 0 unspecified atom stereocenters. The second-order valence-electron chi connectivity index (χ2n) is 3.93. The van der Waals surface area contributed by atoms with Gasteiger partial charge in [-0.15, -0.1) is 0 Å². The van der Waals surface area contributed by atoms with Crippen molar-refractivity contribution in [2.75, 3.05) is 5.32 Å². The van der Waals surface area contributed by atoms with Gasteiger partial charge in [0.1, 0.15) is 17.3 Å². The predicted molar refractivity (Wildman–Crippen MR) is 75.9 cm³/mol. The maximum atomic E-state index is 6.05. The van der Waals surface area contributed by atoms with Gasteiger partial charge in [0.25, 0.3) is 0 Å². The van der Waals surface area contributed by atoms with E-state index >= 15 is 0 Å². The molecule has 3 nitrogen and oxygen atoms in total. The molecule has 0 amide bonds. The lowest BCUT2D eigenvalue weighted by Crippen LogP contribution is -2.01. The molecule has 0 bridgehead atoms. The summed E-state index contributed by atoms with van der Waals surface area (Å²) in [4.78, 5) is 8.21. The summed E-state index contributed by atoms with van der Waals surface area (Å²) in [5.74, 6) is 0.725. The standard InChI is InChI=1S/C13H13Cl2N3/c1-3-10-12(15)16-7-17-13(10)18-11-6-9(14)5-4-8(11)2/h4-7H,3H2,1-2H3,(H,16,17,18). The van der Waals surface area contributed by atoms with Gasteiger partial charge in [0, 0.05) is 16.3 Å². The molecule has 0 spiro atoms. The molecule has 0 atom stereocenters. The van der Waals surface area contributed by atoms with Crippen LogP contribution in [0.2, 0.25) is 10.2 Å². The molecule has 0 radical (unpaired) electrons. The minimum atomic E-state index is 0.481. The Morgan fingerprint density at radius 1 is 1.22 bits per heavy atom. The molecular weight excluding hydrogens is 269 g/mol. The summed E-state index contributed by atoms with van der Waals surface area (Å²) in [7, 11) is 0. The highest BCUT2D eigenvalue weighted by Gasteiger charge is 2.09. The number of hydrogen-bond donors (Lipinski definition) is 1. The van der Waals surface area contributed by atoms with Crippen LogP contribution in [0.3, 0.4) is 0 Å². The minimum absolute atomic E-state index is 0.481. The van der Waals surface area contributed by atoms with Crippen molar-refractivity contribution < 1.29 is 0 Å². The Morgan fingerprint density at radius 2 is 2.00 bits per heavy atom. The van der Waals surface area contributed by atoms with E-state index in [0.29, 0.717) is 10.2 Å². The van der Waals surface area contributed by atoms with E-state index in [-0.39, 0.29) is 0 Å². The summed E-state index contributed by atoms with van der Waals surface area (Å²) >= 11 is 12.0. The summed E-state index contributed by atoms with van der Waals surface area (Å²) < 4.78 is 0. The van der Waals surface area contributed by atoms with Gasteiger partial charge < -0.3 is 5.32 Å². The first kappa shape index (κ1) is 13.1. The normalized spacial score (nSPS) is 10.4. The number of aryl methyl sites for hydroxylation is 1. The maximum Gasteiger partial charge on any atom is 0.138 e. The molecular formula is C13H13Cl2N3. The van der Waals surface area contributed by atoms with Crippen LogP contribution in [0.25, 0.3) is 0 Å². The molecule has 94 valence electrons. The summed E-state index contributed by atoms with van der Waals surface area (Å²) in [6.07, 6.45) is 2.21. The summed E-state index contributed by atoms with van der Waals surface area (Å²) in [5.41, 5.74) is 2.92. The number of rotatable bonds is 3. The monoisotopic (exact) mass is 281 g/mol. The van der Waals surface area contributed by atoms with Crippen LogP contribution in [0.5, 0.6) is 0 Å². The van der Waals surface area contributed by atoms with E-state index < -0.39 is 0 Å². The van der Waals surface area contributed by atoms with E-state index in [1.54, 1.807) is 0 Å². The van der Waals surface area contributed by atoms with Gasteiger partial charge in [-0.25, -0.2) is 9.97 Å². The molecule has 1 heterocycles. The number of benzene rings is 1. The van der Waals surface area contributed by atoms with Crippen molar-refractivity contribution in [3.8, 4) is 0 Å². The van der Waals surface area contributed by atoms with Gasteiger partial charge in [0.15, 0.2) is 0 Å². The highest BCUT2D eigenvalue weighted by Crippen LogP contribution is 2.27. The topological polar surface area (TPSA) is 37.8 Å². The van der Waals surface area contributed by atoms with Gasteiger partial charge in [-0.3, -0.25) is 0 Å². The average molecular weight is 282 g/mol. The lowest BCUT2D eigenvalue weighted by molar-refractivity contribution is 1.05. The average Bonchev–Trinajstić information content (AvgIpc) is 2.34. The van der Waals surface area contributed by atoms with Crippen LogP contribution in [0.4, 0.5) is 11.5 Å². The van der Waals surface area contributed by atoms with Gasteiger partial charge in [0.05, 0.1) is 0 Å². The first-order chi connectivity index (χ1) is 8.61. The predicted octanol–water partition coefficient (Wildman–Crippen LogP) is 4.40. The molecule has 1 aromatic heterocycles. The van der Waals surface area contributed by atoms with Crippen molar-refractivity contribution in [2.24, 2.45) is 0 Å². The number of anilines is 2. The fraction of sp³-hybridized carbons (Fsp3) is 0.231. The number of aromatic nitrogens is 2. The molecule has 1 aromatic carbocycles. The molecule has 1 N–H and O–H groups in total. The van der Waals surface area contributed by atoms with Crippen LogP contribution in [0.15, 0.2) is 24.5 Å². The Bertz CT molecular complexity index is 570. The zero-order valence-corrected chi connectivity index (χ0v) is 11.7. The van der Waals surface area contributed by atoms with E-state index in [4.69, 9.17) is 23.2 Å².